The van der Waals surface area contributed by atoms with Crippen LogP contribution < -0.4 is 4.74 Å². The van der Waals surface area contributed by atoms with Crippen molar-refractivity contribution in [1.29, 1.82) is 0 Å². The number of alkyl halides is 1. The summed E-state index contributed by atoms with van der Waals surface area (Å²) in [4.78, 5) is 0. The zero-order chi connectivity index (χ0) is 10.1. The molecule has 0 fully saturated rings. The molecule has 2 rings (SSSR count). The Morgan fingerprint density at radius 1 is 1.50 bits per heavy atom. The highest BCUT2D eigenvalue weighted by Gasteiger charge is 2.09. The van der Waals surface area contributed by atoms with Gasteiger partial charge in [0.25, 0.3) is 0 Å². The first-order chi connectivity index (χ1) is 6.76. The topological polar surface area (TPSA) is 9.23 Å². The summed E-state index contributed by atoms with van der Waals surface area (Å²) in [7, 11) is 1.72. The van der Waals surface area contributed by atoms with Crippen molar-refractivity contribution in [3.05, 3.63) is 27.3 Å². The summed E-state index contributed by atoms with van der Waals surface area (Å²) in [6, 6.07) is 6.51. The van der Waals surface area contributed by atoms with Gasteiger partial charge in [0.1, 0.15) is 0 Å². The number of halogens is 2. The molecule has 0 spiro atoms. The van der Waals surface area contributed by atoms with E-state index in [-0.39, 0.29) is 0 Å². The van der Waals surface area contributed by atoms with Crippen LogP contribution in [0.4, 0.5) is 0 Å². The van der Waals surface area contributed by atoms with Crippen molar-refractivity contribution in [3.63, 3.8) is 0 Å². The molecule has 0 unspecified atom stereocenters. The van der Waals surface area contributed by atoms with Gasteiger partial charge in [-0.15, -0.1) is 0 Å². The van der Waals surface area contributed by atoms with Crippen molar-refractivity contribution >= 4 is 59.9 Å². The molecule has 1 heterocycles. The largest absolute Gasteiger partial charge is 0.486 e. The Bertz CT molecular complexity index is 466. The van der Waals surface area contributed by atoms with Crippen molar-refractivity contribution in [3.8, 4) is 5.06 Å². The molecule has 2 aromatic rings. The number of hydrogen-bond donors (Lipinski definition) is 0. The molecule has 1 aromatic carbocycles. The van der Waals surface area contributed by atoms with Crippen molar-refractivity contribution in [2.45, 2.75) is 5.33 Å². The number of ether oxygens (including phenoxy) is 1. The molecule has 0 bridgehead atoms. The fourth-order valence-electron chi connectivity index (χ4n) is 1.31. The van der Waals surface area contributed by atoms with Gasteiger partial charge in [0, 0.05) is 15.4 Å². The van der Waals surface area contributed by atoms with Gasteiger partial charge in [0.05, 0.1) is 10.7 Å². The number of fused-ring (bicyclic) bond motifs is 1. The first-order valence-electron chi connectivity index (χ1n) is 4.07. The van der Waals surface area contributed by atoms with Crippen LogP contribution in [0.2, 0.25) is 0 Å². The average molecular weight is 383 g/mol. The summed E-state index contributed by atoms with van der Waals surface area (Å²) in [5.41, 5.74) is 1.30. The molecule has 0 N–H and O–H groups in total. The van der Waals surface area contributed by atoms with E-state index >= 15 is 0 Å². The van der Waals surface area contributed by atoms with E-state index in [1.54, 1.807) is 18.4 Å². The quantitative estimate of drug-likeness (QED) is 0.552. The second-order valence-electron chi connectivity index (χ2n) is 2.87. The van der Waals surface area contributed by atoms with Crippen LogP contribution in [-0.4, -0.2) is 7.11 Å². The molecule has 0 amide bonds. The summed E-state index contributed by atoms with van der Waals surface area (Å²) in [6.07, 6.45) is 0. The fourth-order valence-corrected chi connectivity index (χ4v) is 3.72. The lowest BCUT2D eigenvalue weighted by molar-refractivity contribution is 0.425. The normalized spacial score (nSPS) is 10.8. The lowest BCUT2D eigenvalue weighted by Gasteiger charge is -1.95. The zero-order valence-electron chi connectivity index (χ0n) is 7.51. The molecule has 1 nitrogen and oxygen atoms in total. The van der Waals surface area contributed by atoms with Crippen LogP contribution >= 0.6 is 49.9 Å². The zero-order valence-corrected chi connectivity index (χ0v) is 12.1. The van der Waals surface area contributed by atoms with Crippen LogP contribution in [0.5, 0.6) is 5.06 Å². The molecule has 0 aliphatic heterocycles. The Morgan fingerprint density at radius 3 is 2.93 bits per heavy atom. The van der Waals surface area contributed by atoms with Crippen LogP contribution in [0, 0.1) is 3.57 Å². The van der Waals surface area contributed by atoms with Gasteiger partial charge in [-0.2, -0.15) is 0 Å². The lowest BCUT2D eigenvalue weighted by Crippen LogP contribution is -1.80. The second kappa shape index (κ2) is 4.37. The molecule has 0 atom stereocenters. The average Bonchev–Trinajstić information content (AvgIpc) is 2.55. The third-order valence-electron chi connectivity index (χ3n) is 2.00. The van der Waals surface area contributed by atoms with Gasteiger partial charge >= 0.3 is 0 Å². The Morgan fingerprint density at radius 2 is 2.29 bits per heavy atom. The van der Waals surface area contributed by atoms with Crippen LogP contribution in [0.1, 0.15) is 5.56 Å². The highest BCUT2D eigenvalue weighted by Crippen LogP contribution is 2.38. The van der Waals surface area contributed by atoms with Gasteiger partial charge in [0.2, 0.25) is 0 Å². The Balaban J connectivity index is 2.68. The van der Waals surface area contributed by atoms with Gasteiger partial charge in [-0.05, 0) is 40.3 Å². The molecular weight excluding hydrogens is 375 g/mol. The predicted molar refractivity (Wildman–Crippen MR) is 73.7 cm³/mol. The van der Waals surface area contributed by atoms with E-state index in [2.05, 4.69) is 56.7 Å². The van der Waals surface area contributed by atoms with Crippen LogP contribution in [0.15, 0.2) is 18.2 Å². The molecule has 14 heavy (non-hydrogen) atoms. The van der Waals surface area contributed by atoms with E-state index in [0.29, 0.717) is 0 Å². The van der Waals surface area contributed by atoms with Gasteiger partial charge in [-0.25, -0.2) is 0 Å². The van der Waals surface area contributed by atoms with Crippen molar-refractivity contribution in [2.75, 3.05) is 7.11 Å². The third kappa shape index (κ3) is 1.79. The number of rotatable bonds is 2. The van der Waals surface area contributed by atoms with Gasteiger partial charge in [0.15, 0.2) is 5.06 Å². The van der Waals surface area contributed by atoms with E-state index in [9.17, 15) is 0 Å². The highest BCUT2D eigenvalue weighted by molar-refractivity contribution is 14.1. The summed E-state index contributed by atoms with van der Waals surface area (Å²) >= 11 is 7.50. The van der Waals surface area contributed by atoms with E-state index < -0.39 is 0 Å². The number of hydrogen-bond acceptors (Lipinski definition) is 2. The monoisotopic (exact) mass is 382 g/mol. The maximum atomic E-state index is 5.30. The molecule has 1 aromatic heterocycles. The van der Waals surface area contributed by atoms with Crippen LogP contribution in [-0.2, 0) is 5.33 Å². The Kier molecular flexibility index (Phi) is 3.34. The molecule has 0 saturated carbocycles. The minimum Gasteiger partial charge on any atom is -0.486 e. The molecule has 4 heteroatoms. The standard InChI is InChI=1S/C10H8BrIOS/c1-13-10-9(12)7-4-6(5-11)2-3-8(7)14-10/h2-4H,5H2,1H3. The smallest absolute Gasteiger partial charge is 0.188 e. The molecular formula is C10H8BrIOS. The third-order valence-corrected chi connectivity index (χ3v) is 5.22. The number of methoxy groups -OCH3 is 1. The maximum absolute atomic E-state index is 5.30. The minimum absolute atomic E-state index is 0.900. The second-order valence-corrected chi connectivity index (χ2v) is 5.53. The van der Waals surface area contributed by atoms with Gasteiger partial charge in [-0.1, -0.05) is 33.3 Å². The fraction of sp³-hybridized carbons (Fsp3) is 0.200. The van der Waals surface area contributed by atoms with E-state index in [4.69, 9.17) is 4.74 Å². The minimum atomic E-state index is 0.900. The van der Waals surface area contributed by atoms with Crippen molar-refractivity contribution in [1.82, 2.24) is 0 Å². The molecule has 74 valence electrons. The predicted octanol–water partition coefficient (Wildman–Crippen LogP) is 4.41. The summed E-state index contributed by atoms with van der Waals surface area (Å²) in [6.45, 7) is 0. The summed E-state index contributed by atoms with van der Waals surface area (Å²) < 4.78 is 7.81. The molecule has 0 aliphatic rings. The highest BCUT2D eigenvalue weighted by atomic mass is 127. The van der Waals surface area contributed by atoms with Gasteiger partial charge < -0.3 is 4.74 Å². The van der Waals surface area contributed by atoms with E-state index in [0.717, 1.165) is 10.4 Å². The maximum Gasteiger partial charge on any atom is 0.188 e. The number of benzene rings is 1. The molecule has 0 radical (unpaired) electrons. The van der Waals surface area contributed by atoms with Crippen molar-refractivity contribution < 1.29 is 4.74 Å². The summed E-state index contributed by atoms with van der Waals surface area (Å²) in [5, 5.41) is 3.20. The first-order valence-corrected chi connectivity index (χ1v) is 7.09. The molecule has 0 saturated heterocycles. The lowest BCUT2D eigenvalue weighted by atomic mass is 10.2. The van der Waals surface area contributed by atoms with Crippen LogP contribution in [0.3, 0.4) is 0 Å². The Hall–Kier alpha value is 0.190. The first kappa shape index (κ1) is 10.7. The molecule has 0 aliphatic carbocycles. The van der Waals surface area contributed by atoms with E-state index in [1.165, 1.54) is 19.2 Å². The Labute approximate surface area is 109 Å². The van der Waals surface area contributed by atoms with E-state index in [1.807, 2.05) is 0 Å². The van der Waals surface area contributed by atoms with Gasteiger partial charge in [-0.3, -0.25) is 0 Å². The number of thiophene rings is 1. The SMILES string of the molecule is COc1sc2ccc(CBr)cc2c1I. The summed E-state index contributed by atoms with van der Waals surface area (Å²) in [5.74, 6) is 0. The van der Waals surface area contributed by atoms with Crippen LogP contribution in [0.25, 0.3) is 10.1 Å². The van der Waals surface area contributed by atoms with Crippen molar-refractivity contribution in [2.24, 2.45) is 0 Å².